The second-order valence-corrected chi connectivity index (χ2v) is 3.15. The first-order valence-electron chi connectivity index (χ1n) is 2.07. The van der Waals surface area contributed by atoms with E-state index in [-0.39, 0.29) is 18.2 Å². The van der Waals surface area contributed by atoms with Crippen LogP contribution in [0.15, 0.2) is 0 Å². The van der Waals surface area contributed by atoms with Crippen LogP contribution in [0.1, 0.15) is 6.92 Å². The van der Waals surface area contributed by atoms with E-state index in [9.17, 15) is 0 Å². The van der Waals surface area contributed by atoms with E-state index in [1.165, 1.54) is 0 Å². The van der Waals surface area contributed by atoms with Crippen LogP contribution in [0.5, 0.6) is 0 Å². The van der Waals surface area contributed by atoms with Gasteiger partial charge in [0.1, 0.15) is 0 Å². The lowest BCUT2D eigenvalue weighted by Crippen LogP contribution is -1.77. The van der Waals surface area contributed by atoms with Crippen LogP contribution < -0.4 is 0 Å². The van der Waals surface area contributed by atoms with E-state index >= 15 is 0 Å². The zero-order valence-corrected chi connectivity index (χ0v) is 7.20. The molecular weight excluding hydrogens is 168 g/mol. The summed E-state index contributed by atoms with van der Waals surface area (Å²) >= 11 is 2.98. The Morgan fingerprint density at radius 2 is 2.57 bits per heavy atom. The summed E-state index contributed by atoms with van der Waals surface area (Å²) in [5, 5.41) is 0. The molecule has 0 rings (SSSR count). The SMILES string of the molecule is CCOC#[C][Mg][Br]. The number of halogens is 1. The Hall–Kier alpha value is 0.606. The van der Waals surface area contributed by atoms with Crippen LogP contribution in [0.4, 0.5) is 0 Å². The molecule has 0 fully saturated rings. The molecule has 0 unspecified atom stereocenters. The smallest absolute Gasteiger partial charge is 0.449 e. The van der Waals surface area contributed by atoms with Crippen molar-refractivity contribution in [2.75, 3.05) is 6.61 Å². The molecule has 0 saturated heterocycles. The number of rotatable bonds is 1. The van der Waals surface area contributed by atoms with Crippen molar-refractivity contribution in [1.29, 1.82) is 0 Å². The molecule has 0 aromatic rings. The van der Waals surface area contributed by atoms with Crippen LogP contribution in [0, 0.1) is 10.2 Å². The third kappa shape index (κ3) is 6.61. The predicted molar refractivity (Wildman–Crippen MR) is 34.1 cm³/mol. The minimum Gasteiger partial charge on any atom is -0.449 e. The standard InChI is InChI=1S/C4H5O.BrH.Mg/c1-3-5-4-2;;/h3H2,1H3;1H;/q;;+1/p-1. The molecule has 36 valence electrons. The highest BCUT2D eigenvalue weighted by Gasteiger charge is 1.73. The first-order valence-corrected chi connectivity index (χ1v) is 6.68. The van der Waals surface area contributed by atoms with Gasteiger partial charge >= 0.3 is 18.2 Å². The van der Waals surface area contributed by atoms with E-state index in [0.29, 0.717) is 6.61 Å². The third-order valence-electron chi connectivity index (χ3n) is 0.355. The largest absolute Gasteiger partial charge is 0.575 e. The summed E-state index contributed by atoms with van der Waals surface area (Å²) in [6.45, 7) is 2.61. The molecule has 0 saturated carbocycles. The minimum atomic E-state index is -0.280. The molecule has 0 amide bonds. The Kier molecular flexibility index (Phi) is 7.18. The van der Waals surface area contributed by atoms with Gasteiger partial charge in [0.25, 0.3) is 0 Å². The number of ether oxygens (including phenoxy) is 1. The Balaban J connectivity index is 2.91. The fourth-order valence-corrected chi connectivity index (χ4v) is 0.650. The van der Waals surface area contributed by atoms with E-state index < -0.39 is 0 Å². The maximum absolute atomic E-state index is 4.72. The average Bonchev–Trinajstić information content (AvgIpc) is 1.69. The average molecular weight is 173 g/mol. The number of hydrogen-bond donors (Lipinski definition) is 0. The molecule has 3 heteroatoms. The maximum Gasteiger partial charge on any atom is 0.575 e. The highest BCUT2D eigenvalue weighted by atomic mass is 79.9. The molecule has 0 aliphatic heterocycles. The van der Waals surface area contributed by atoms with Gasteiger partial charge in [-0.05, 0) is 6.92 Å². The molecule has 0 heterocycles. The first kappa shape index (κ1) is 7.61. The van der Waals surface area contributed by atoms with Crippen molar-refractivity contribution in [2.45, 2.75) is 6.92 Å². The van der Waals surface area contributed by atoms with Crippen molar-refractivity contribution in [3.8, 4) is 10.2 Å². The molecule has 0 N–H and O–H groups in total. The van der Waals surface area contributed by atoms with Crippen molar-refractivity contribution in [3.05, 3.63) is 0 Å². The van der Waals surface area contributed by atoms with Crippen molar-refractivity contribution in [2.24, 2.45) is 0 Å². The van der Waals surface area contributed by atoms with Gasteiger partial charge in [-0.25, -0.2) is 4.05 Å². The van der Waals surface area contributed by atoms with Gasteiger partial charge in [0.15, 0.2) is 0 Å². The lowest BCUT2D eigenvalue weighted by atomic mass is 10.9. The van der Waals surface area contributed by atoms with Gasteiger partial charge in [-0.15, -0.1) is 0 Å². The zero-order valence-electron chi connectivity index (χ0n) is 4.20. The molecule has 1 nitrogen and oxygen atoms in total. The molecule has 7 heavy (non-hydrogen) atoms. The number of hydrogen-bond acceptors (Lipinski definition) is 1. The van der Waals surface area contributed by atoms with Crippen molar-refractivity contribution in [3.63, 3.8) is 0 Å². The lowest BCUT2D eigenvalue weighted by Gasteiger charge is -1.82. The van der Waals surface area contributed by atoms with Gasteiger partial charge < -0.3 is 4.74 Å². The van der Waals surface area contributed by atoms with Crippen LogP contribution in [-0.4, -0.2) is 24.8 Å². The van der Waals surface area contributed by atoms with E-state index in [2.05, 4.69) is 23.0 Å². The van der Waals surface area contributed by atoms with Gasteiger partial charge in [-0.3, -0.25) is 12.9 Å². The molecular formula is C4H5BrMgO. The Labute approximate surface area is 59.4 Å². The Morgan fingerprint density at radius 3 is 3.00 bits per heavy atom. The van der Waals surface area contributed by atoms with Crippen molar-refractivity contribution < 1.29 is 4.74 Å². The van der Waals surface area contributed by atoms with E-state index in [0.717, 1.165) is 0 Å². The third-order valence-corrected chi connectivity index (χ3v) is 1.47. The Morgan fingerprint density at radius 1 is 1.86 bits per heavy atom. The normalized spacial score (nSPS) is 5.43. The van der Waals surface area contributed by atoms with Crippen molar-refractivity contribution in [1.82, 2.24) is 0 Å². The molecule has 0 atom stereocenters. The van der Waals surface area contributed by atoms with E-state index in [4.69, 9.17) is 4.74 Å². The molecule has 0 aromatic heterocycles. The highest BCUT2D eigenvalue weighted by molar-refractivity contribution is 9.23. The second kappa shape index (κ2) is 6.61. The van der Waals surface area contributed by atoms with Crippen LogP contribution in [0.3, 0.4) is 0 Å². The van der Waals surface area contributed by atoms with Crippen molar-refractivity contribution >= 4 is 31.1 Å². The molecule has 0 radical (unpaired) electrons. The molecule has 0 bridgehead atoms. The molecule has 0 aromatic carbocycles. The first-order chi connectivity index (χ1) is 3.41. The van der Waals surface area contributed by atoms with Gasteiger partial charge in [-0.1, -0.05) is 0 Å². The summed E-state index contributed by atoms with van der Waals surface area (Å²) in [6, 6.07) is 0. The predicted octanol–water partition coefficient (Wildman–Crippen LogP) is 0.955. The fourth-order valence-electron chi connectivity index (χ4n) is 0.150. The molecule has 0 aliphatic carbocycles. The summed E-state index contributed by atoms with van der Waals surface area (Å²) in [5.74, 6) is 0. The second-order valence-electron chi connectivity index (χ2n) is 0.845. The van der Waals surface area contributed by atoms with Crippen LogP contribution in [-0.2, 0) is 4.74 Å². The highest BCUT2D eigenvalue weighted by Crippen LogP contribution is 1.69. The van der Waals surface area contributed by atoms with Crippen LogP contribution in [0.25, 0.3) is 0 Å². The van der Waals surface area contributed by atoms with Gasteiger partial charge in [-0.2, -0.15) is 0 Å². The van der Waals surface area contributed by atoms with Gasteiger partial charge in [0, 0.05) is 0 Å². The maximum atomic E-state index is 4.72. The summed E-state index contributed by atoms with van der Waals surface area (Å²) in [7, 11) is 0. The lowest BCUT2D eigenvalue weighted by molar-refractivity contribution is 0.299. The summed E-state index contributed by atoms with van der Waals surface area (Å²) < 4.78 is 7.55. The zero-order chi connectivity index (χ0) is 5.54. The molecule has 0 spiro atoms. The monoisotopic (exact) mass is 172 g/mol. The minimum absolute atomic E-state index is 0.280. The van der Waals surface area contributed by atoms with Crippen LogP contribution >= 0.6 is 12.9 Å². The molecule has 0 aliphatic rings. The van der Waals surface area contributed by atoms with E-state index in [1.54, 1.807) is 0 Å². The summed E-state index contributed by atoms with van der Waals surface area (Å²) in [4.78, 5) is 0. The summed E-state index contributed by atoms with van der Waals surface area (Å²) in [6.07, 6.45) is 2.55. The van der Waals surface area contributed by atoms with Crippen LogP contribution in [0.2, 0.25) is 0 Å². The topological polar surface area (TPSA) is 9.23 Å². The van der Waals surface area contributed by atoms with Gasteiger partial charge in [0.05, 0.1) is 12.7 Å². The Bertz CT molecular complexity index is 83.4. The summed E-state index contributed by atoms with van der Waals surface area (Å²) in [5.41, 5.74) is 0. The quantitative estimate of drug-likeness (QED) is 0.424. The van der Waals surface area contributed by atoms with Gasteiger partial charge in [0.2, 0.25) is 0 Å². The fraction of sp³-hybridized carbons (Fsp3) is 0.500. The van der Waals surface area contributed by atoms with E-state index in [1.807, 2.05) is 6.92 Å².